The fourth-order valence-corrected chi connectivity index (χ4v) is 4.33. The molecule has 2 aromatic carbocycles. The molecule has 2 atom stereocenters. The van der Waals surface area contributed by atoms with E-state index in [9.17, 15) is 15.0 Å². The smallest absolute Gasteiger partial charge is 0.266 e. The Hall–Kier alpha value is -2.97. The molecule has 8 heteroatoms. The Bertz CT molecular complexity index is 1190. The largest absolute Gasteiger partial charge is 0.508 e. The predicted octanol–water partition coefficient (Wildman–Crippen LogP) is 3.68. The number of ether oxygens (including phenoxy) is 2. The van der Waals surface area contributed by atoms with Gasteiger partial charge in [-0.3, -0.25) is 4.79 Å². The second-order valence-electron chi connectivity index (χ2n) is 8.19. The number of nitrogens with zero attached hydrogens (tertiary/aromatic N) is 2. The minimum absolute atomic E-state index is 0.193. The molecule has 4 rings (SSSR count). The van der Waals surface area contributed by atoms with Gasteiger partial charge in [-0.1, -0.05) is 17.8 Å². The first-order chi connectivity index (χ1) is 14.6. The van der Waals surface area contributed by atoms with Crippen LogP contribution in [0.1, 0.15) is 32.4 Å². The SMILES string of the molecule is Cn1nc(OC2c3cc(Sc4cccc(O)c4)ccc3OC(C)(C)[C@@]2(C)O)ccc1=O. The molecule has 0 fully saturated rings. The van der Waals surface area contributed by atoms with Crippen molar-refractivity contribution in [1.82, 2.24) is 9.78 Å². The number of aliphatic hydroxyl groups is 1. The molecule has 0 saturated heterocycles. The molecule has 0 radical (unpaired) electrons. The zero-order valence-electron chi connectivity index (χ0n) is 17.7. The number of aryl methyl sites for hydroxylation is 1. The van der Waals surface area contributed by atoms with E-state index in [-0.39, 0.29) is 17.2 Å². The first kappa shape index (κ1) is 21.3. The van der Waals surface area contributed by atoms with Crippen LogP contribution >= 0.6 is 11.8 Å². The van der Waals surface area contributed by atoms with Gasteiger partial charge in [0, 0.05) is 34.5 Å². The third kappa shape index (κ3) is 4.00. The lowest BCUT2D eigenvalue weighted by Crippen LogP contribution is -2.59. The average molecular weight is 441 g/mol. The Morgan fingerprint density at radius 2 is 1.84 bits per heavy atom. The quantitative estimate of drug-likeness (QED) is 0.639. The number of rotatable bonds is 4. The van der Waals surface area contributed by atoms with Gasteiger partial charge in [0.2, 0.25) is 5.88 Å². The maximum Gasteiger partial charge on any atom is 0.266 e. The van der Waals surface area contributed by atoms with Crippen LogP contribution in [0.25, 0.3) is 0 Å². The summed E-state index contributed by atoms with van der Waals surface area (Å²) in [6.45, 7) is 5.27. The van der Waals surface area contributed by atoms with E-state index in [0.29, 0.717) is 11.3 Å². The van der Waals surface area contributed by atoms with Gasteiger partial charge >= 0.3 is 0 Å². The van der Waals surface area contributed by atoms with Crippen molar-refractivity contribution in [3.63, 3.8) is 0 Å². The standard InChI is InChI=1S/C23H24N2O5S/c1-22(2)23(3,28)21(29-19-10-11-20(27)25(4)24-19)17-13-16(8-9-18(17)30-22)31-15-7-5-6-14(26)12-15/h5-13,21,26,28H,1-4H3/t21?,23-/m0/s1. The highest BCUT2D eigenvalue weighted by Gasteiger charge is 2.54. The van der Waals surface area contributed by atoms with Gasteiger partial charge < -0.3 is 19.7 Å². The maximum absolute atomic E-state index is 11.7. The molecule has 0 saturated carbocycles. The van der Waals surface area contributed by atoms with Crippen molar-refractivity contribution >= 4 is 11.8 Å². The summed E-state index contributed by atoms with van der Waals surface area (Å²) in [5, 5.41) is 25.3. The van der Waals surface area contributed by atoms with Gasteiger partial charge in [-0.15, -0.1) is 5.10 Å². The molecule has 0 amide bonds. The highest BCUT2D eigenvalue weighted by atomic mass is 32.2. The van der Waals surface area contributed by atoms with Crippen LogP contribution in [0.4, 0.5) is 0 Å². The Kier molecular flexibility index (Phi) is 5.23. The lowest BCUT2D eigenvalue weighted by atomic mass is 9.77. The van der Waals surface area contributed by atoms with E-state index in [1.165, 1.54) is 28.6 Å². The Labute approximate surface area is 184 Å². The van der Waals surface area contributed by atoms with Crippen molar-refractivity contribution < 1.29 is 19.7 Å². The minimum Gasteiger partial charge on any atom is -0.508 e. The van der Waals surface area contributed by atoms with Crippen molar-refractivity contribution in [1.29, 1.82) is 0 Å². The Morgan fingerprint density at radius 3 is 2.55 bits per heavy atom. The molecular weight excluding hydrogens is 416 g/mol. The number of aromatic nitrogens is 2. The summed E-state index contributed by atoms with van der Waals surface area (Å²) >= 11 is 1.47. The van der Waals surface area contributed by atoms with Crippen LogP contribution < -0.4 is 15.0 Å². The highest BCUT2D eigenvalue weighted by molar-refractivity contribution is 7.99. The van der Waals surface area contributed by atoms with Gasteiger partial charge in [-0.25, -0.2) is 4.68 Å². The number of phenols is 1. The summed E-state index contributed by atoms with van der Waals surface area (Å²) in [5.41, 5.74) is -1.92. The summed E-state index contributed by atoms with van der Waals surface area (Å²) < 4.78 is 13.4. The van der Waals surface area contributed by atoms with Gasteiger partial charge in [0.1, 0.15) is 22.7 Å². The number of hydrogen-bond donors (Lipinski definition) is 2. The number of aromatic hydroxyl groups is 1. The molecular formula is C23H24N2O5S. The molecule has 1 aliphatic rings. The maximum atomic E-state index is 11.7. The van der Waals surface area contributed by atoms with E-state index in [4.69, 9.17) is 9.47 Å². The monoisotopic (exact) mass is 440 g/mol. The zero-order chi connectivity index (χ0) is 22.4. The molecule has 0 spiro atoms. The Balaban J connectivity index is 1.75. The lowest BCUT2D eigenvalue weighted by Gasteiger charge is -2.48. The summed E-state index contributed by atoms with van der Waals surface area (Å²) in [7, 11) is 1.54. The third-order valence-electron chi connectivity index (χ3n) is 5.59. The van der Waals surface area contributed by atoms with Gasteiger partial charge in [-0.05, 0) is 57.2 Å². The summed E-state index contributed by atoms with van der Waals surface area (Å²) in [6, 6.07) is 15.5. The molecule has 2 N–H and O–H groups in total. The topological polar surface area (TPSA) is 93.8 Å². The summed E-state index contributed by atoms with van der Waals surface area (Å²) in [4.78, 5) is 13.5. The van der Waals surface area contributed by atoms with E-state index in [2.05, 4.69) is 5.10 Å². The normalized spacial score (nSPS) is 21.8. The van der Waals surface area contributed by atoms with E-state index in [1.54, 1.807) is 46.0 Å². The zero-order valence-corrected chi connectivity index (χ0v) is 18.5. The van der Waals surface area contributed by atoms with Crippen molar-refractivity contribution in [2.45, 2.75) is 47.9 Å². The molecule has 1 unspecified atom stereocenters. The fraction of sp³-hybridized carbons (Fsp3) is 0.304. The van der Waals surface area contributed by atoms with Crippen LogP contribution in [0, 0.1) is 0 Å². The van der Waals surface area contributed by atoms with Crippen molar-refractivity contribution in [3.8, 4) is 17.4 Å². The van der Waals surface area contributed by atoms with Crippen LogP contribution in [0.2, 0.25) is 0 Å². The molecule has 7 nitrogen and oxygen atoms in total. The van der Waals surface area contributed by atoms with Crippen molar-refractivity contribution in [2.75, 3.05) is 0 Å². The van der Waals surface area contributed by atoms with Crippen LogP contribution in [-0.4, -0.2) is 31.2 Å². The van der Waals surface area contributed by atoms with E-state index in [0.717, 1.165) is 9.79 Å². The minimum atomic E-state index is -1.40. The van der Waals surface area contributed by atoms with Crippen LogP contribution in [0.3, 0.4) is 0 Å². The number of hydrogen-bond acceptors (Lipinski definition) is 7. The second-order valence-corrected chi connectivity index (χ2v) is 9.34. The van der Waals surface area contributed by atoms with Gasteiger partial charge in [-0.2, -0.15) is 0 Å². The number of benzene rings is 2. The average Bonchev–Trinajstić information content (AvgIpc) is 2.69. The highest BCUT2D eigenvalue weighted by Crippen LogP contribution is 2.49. The number of fused-ring (bicyclic) bond motifs is 1. The lowest BCUT2D eigenvalue weighted by molar-refractivity contribution is -0.175. The van der Waals surface area contributed by atoms with E-state index in [1.807, 2.05) is 24.3 Å². The van der Waals surface area contributed by atoms with Gasteiger partial charge in [0.05, 0.1) is 0 Å². The third-order valence-corrected chi connectivity index (χ3v) is 6.57. The Morgan fingerprint density at radius 1 is 1.10 bits per heavy atom. The molecule has 0 bridgehead atoms. The van der Waals surface area contributed by atoms with Gasteiger partial charge in [0.25, 0.3) is 5.56 Å². The van der Waals surface area contributed by atoms with Crippen molar-refractivity contribution in [3.05, 3.63) is 70.5 Å². The first-order valence-electron chi connectivity index (χ1n) is 9.80. The predicted molar refractivity (Wildman–Crippen MR) is 117 cm³/mol. The van der Waals surface area contributed by atoms with Crippen LogP contribution in [-0.2, 0) is 7.05 Å². The second kappa shape index (κ2) is 7.62. The van der Waals surface area contributed by atoms with Crippen LogP contribution in [0.15, 0.2) is 69.2 Å². The van der Waals surface area contributed by atoms with Crippen molar-refractivity contribution in [2.24, 2.45) is 7.05 Å². The summed E-state index contributed by atoms with van der Waals surface area (Å²) in [6.07, 6.45) is -0.791. The molecule has 3 aromatic rings. The number of phenolic OH excluding ortho intramolecular Hbond substituents is 1. The van der Waals surface area contributed by atoms with Gasteiger partial charge in [0.15, 0.2) is 6.10 Å². The summed E-state index contributed by atoms with van der Waals surface area (Å²) in [5.74, 6) is 1.02. The molecule has 1 aromatic heterocycles. The van der Waals surface area contributed by atoms with Crippen LogP contribution in [0.5, 0.6) is 17.4 Å². The molecule has 2 heterocycles. The molecule has 31 heavy (non-hydrogen) atoms. The first-order valence-corrected chi connectivity index (χ1v) is 10.6. The molecule has 162 valence electrons. The molecule has 1 aliphatic heterocycles. The molecule has 0 aliphatic carbocycles. The van der Waals surface area contributed by atoms with E-state index < -0.39 is 17.3 Å². The van der Waals surface area contributed by atoms with E-state index >= 15 is 0 Å². The fourth-order valence-electron chi connectivity index (χ4n) is 3.41.